The smallest absolute Gasteiger partial charge is 0.337 e. The highest BCUT2D eigenvalue weighted by Gasteiger charge is 2.32. The molecule has 1 aromatic rings. The van der Waals surface area contributed by atoms with E-state index in [0.717, 1.165) is 14.5 Å². The van der Waals surface area contributed by atoms with Crippen LogP contribution in [0, 0.1) is 0 Å². The Hall–Kier alpha value is -1.54. The minimum atomic E-state index is -0.612. The number of allylic oxidation sites excluding steroid dienone is 1. The van der Waals surface area contributed by atoms with Gasteiger partial charge in [-0.05, 0) is 63.4 Å². The Kier molecular flexibility index (Phi) is 5.69. The Morgan fingerprint density at radius 3 is 2.43 bits per heavy atom. The lowest BCUT2D eigenvalue weighted by Gasteiger charge is -2.28. The number of rotatable bonds is 4. The minimum Gasteiger partial charge on any atom is -0.492 e. The van der Waals surface area contributed by atoms with Crippen molar-refractivity contribution in [1.29, 1.82) is 0 Å². The van der Waals surface area contributed by atoms with Gasteiger partial charge in [0.2, 0.25) is 0 Å². The zero-order chi connectivity index (χ0) is 17.1. The quantitative estimate of drug-likeness (QED) is 0.693. The lowest BCUT2D eigenvalue weighted by atomic mass is 9.95. The number of nitrogens with one attached hydrogen (secondary N) is 2. The van der Waals surface area contributed by atoms with Crippen molar-refractivity contribution in [2.24, 2.45) is 0 Å². The second-order valence-corrected chi connectivity index (χ2v) is 6.52. The first kappa shape index (κ1) is 17.8. The molecule has 0 saturated carbocycles. The maximum Gasteiger partial charge on any atom is 0.337 e. The Balaban J connectivity index is 2.52. The molecule has 1 unspecified atom stereocenters. The molecule has 23 heavy (non-hydrogen) atoms. The van der Waals surface area contributed by atoms with Gasteiger partial charge in [0.1, 0.15) is 5.75 Å². The van der Waals surface area contributed by atoms with Gasteiger partial charge in [0.05, 0.1) is 34.3 Å². The molecule has 8 heteroatoms. The molecule has 0 saturated heterocycles. The first-order valence-corrected chi connectivity index (χ1v) is 8.46. The van der Waals surface area contributed by atoms with Crippen LogP contribution in [0.25, 0.3) is 0 Å². The van der Waals surface area contributed by atoms with Crippen LogP contribution in [0.1, 0.15) is 25.5 Å². The largest absolute Gasteiger partial charge is 0.492 e. The third kappa shape index (κ3) is 3.69. The van der Waals surface area contributed by atoms with E-state index in [0.29, 0.717) is 23.6 Å². The van der Waals surface area contributed by atoms with Crippen molar-refractivity contribution in [2.75, 3.05) is 13.7 Å². The number of carbonyl (C=O) groups is 2. The average molecular weight is 448 g/mol. The van der Waals surface area contributed by atoms with Crippen molar-refractivity contribution in [3.8, 4) is 5.75 Å². The predicted octanol–water partition coefficient (Wildman–Crippen LogP) is 3.41. The van der Waals surface area contributed by atoms with Gasteiger partial charge in [-0.1, -0.05) is 0 Å². The van der Waals surface area contributed by atoms with Gasteiger partial charge in [0.15, 0.2) is 0 Å². The third-order valence-corrected chi connectivity index (χ3v) is 4.50. The lowest BCUT2D eigenvalue weighted by Crippen LogP contribution is -2.45. The van der Waals surface area contributed by atoms with Crippen LogP contribution in [-0.2, 0) is 9.53 Å². The van der Waals surface area contributed by atoms with Crippen molar-refractivity contribution in [1.82, 2.24) is 10.6 Å². The van der Waals surface area contributed by atoms with Crippen LogP contribution in [0.4, 0.5) is 4.79 Å². The van der Waals surface area contributed by atoms with Gasteiger partial charge < -0.3 is 20.1 Å². The van der Waals surface area contributed by atoms with Gasteiger partial charge in [-0.15, -0.1) is 0 Å². The highest BCUT2D eigenvalue weighted by molar-refractivity contribution is 9.11. The molecular formula is C15H16Br2N2O4. The number of methoxy groups -OCH3 is 1. The molecule has 1 aliphatic heterocycles. The van der Waals surface area contributed by atoms with Crippen molar-refractivity contribution >= 4 is 43.9 Å². The second-order valence-electron chi connectivity index (χ2n) is 4.81. The summed E-state index contributed by atoms with van der Waals surface area (Å²) in [6, 6.07) is 2.63. The molecule has 0 spiro atoms. The number of esters is 1. The number of benzene rings is 1. The van der Waals surface area contributed by atoms with E-state index in [1.165, 1.54) is 7.11 Å². The maximum absolute atomic E-state index is 12.1. The third-order valence-electron chi connectivity index (χ3n) is 3.32. The number of urea groups is 1. The topological polar surface area (TPSA) is 76.7 Å². The first-order chi connectivity index (χ1) is 10.9. The normalized spacial score (nSPS) is 17.4. The first-order valence-electron chi connectivity index (χ1n) is 6.87. The second kappa shape index (κ2) is 7.35. The zero-order valence-corrected chi connectivity index (χ0v) is 16.0. The summed E-state index contributed by atoms with van der Waals surface area (Å²) in [5.74, 6) is 0.165. The number of halogens is 2. The molecule has 6 nitrogen and oxygen atoms in total. The minimum absolute atomic E-state index is 0.357. The van der Waals surface area contributed by atoms with E-state index in [1.807, 2.05) is 19.1 Å². The summed E-state index contributed by atoms with van der Waals surface area (Å²) in [6.07, 6.45) is 0. The summed E-state index contributed by atoms with van der Waals surface area (Å²) in [6.45, 7) is 4.07. The van der Waals surface area contributed by atoms with Crippen LogP contribution >= 0.6 is 31.9 Å². The Morgan fingerprint density at radius 2 is 1.91 bits per heavy atom. The molecule has 2 amide bonds. The van der Waals surface area contributed by atoms with Crippen molar-refractivity contribution < 1.29 is 19.1 Å². The highest BCUT2D eigenvalue weighted by atomic mass is 79.9. The molecule has 0 radical (unpaired) electrons. The van der Waals surface area contributed by atoms with E-state index in [1.54, 1.807) is 6.92 Å². The number of hydrogen-bond donors (Lipinski definition) is 2. The van der Waals surface area contributed by atoms with Crippen molar-refractivity contribution in [3.05, 3.63) is 37.9 Å². The summed E-state index contributed by atoms with van der Waals surface area (Å²) in [4.78, 5) is 23.9. The fourth-order valence-electron chi connectivity index (χ4n) is 2.35. The molecule has 0 aliphatic carbocycles. The number of amides is 2. The summed E-state index contributed by atoms with van der Waals surface area (Å²) in [5, 5.41) is 5.33. The molecular weight excluding hydrogens is 432 g/mol. The average Bonchev–Trinajstić information content (AvgIpc) is 2.49. The molecule has 2 N–H and O–H groups in total. The molecule has 1 aromatic carbocycles. The van der Waals surface area contributed by atoms with Crippen molar-refractivity contribution in [3.63, 3.8) is 0 Å². The van der Waals surface area contributed by atoms with Crippen LogP contribution in [0.15, 0.2) is 32.3 Å². The van der Waals surface area contributed by atoms with Gasteiger partial charge in [-0.3, -0.25) is 0 Å². The maximum atomic E-state index is 12.1. The number of ether oxygens (including phenoxy) is 2. The summed E-state index contributed by atoms with van der Waals surface area (Å²) >= 11 is 6.91. The summed E-state index contributed by atoms with van der Waals surface area (Å²) < 4.78 is 11.8. The van der Waals surface area contributed by atoms with Crippen LogP contribution in [0.2, 0.25) is 0 Å². The Labute approximate surface area is 150 Å². The molecule has 0 bridgehead atoms. The summed E-state index contributed by atoms with van der Waals surface area (Å²) in [5.41, 5.74) is 1.54. The zero-order valence-electron chi connectivity index (χ0n) is 12.8. The Morgan fingerprint density at radius 1 is 1.30 bits per heavy atom. The van der Waals surface area contributed by atoms with Gasteiger partial charge in [-0.25, -0.2) is 9.59 Å². The van der Waals surface area contributed by atoms with E-state index in [-0.39, 0.29) is 6.03 Å². The van der Waals surface area contributed by atoms with Gasteiger partial charge in [0, 0.05) is 5.70 Å². The van der Waals surface area contributed by atoms with Crippen LogP contribution < -0.4 is 15.4 Å². The van der Waals surface area contributed by atoms with Crippen LogP contribution in [-0.4, -0.2) is 25.7 Å². The van der Waals surface area contributed by atoms with E-state index in [4.69, 9.17) is 9.47 Å². The number of hydrogen-bond acceptors (Lipinski definition) is 4. The number of carbonyl (C=O) groups excluding carboxylic acids is 2. The van der Waals surface area contributed by atoms with Crippen LogP contribution in [0.5, 0.6) is 5.75 Å². The van der Waals surface area contributed by atoms with E-state index >= 15 is 0 Å². The standard InChI is InChI=1S/C15H16Br2N2O4/c1-4-23-13-9(16)5-8(6-10(13)17)12-11(14(20)22-3)7(2)18-15(21)19-12/h5-6,12H,4H2,1-3H3,(H2,18,19,21). The van der Waals surface area contributed by atoms with Crippen molar-refractivity contribution in [2.45, 2.75) is 19.9 Å². The van der Waals surface area contributed by atoms with Gasteiger partial charge in [-0.2, -0.15) is 0 Å². The predicted molar refractivity (Wildman–Crippen MR) is 92.1 cm³/mol. The fourth-order valence-corrected chi connectivity index (χ4v) is 3.80. The molecule has 2 rings (SSSR count). The van der Waals surface area contributed by atoms with Gasteiger partial charge >= 0.3 is 12.0 Å². The molecule has 1 atom stereocenters. The van der Waals surface area contributed by atoms with Gasteiger partial charge in [0.25, 0.3) is 0 Å². The molecule has 0 fully saturated rings. The Bertz CT molecular complexity index is 665. The highest BCUT2D eigenvalue weighted by Crippen LogP contribution is 2.38. The monoisotopic (exact) mass is 446 g/mol. The fraction of sp³-hybridized carbons (Fsp3) is 0.333. The molecule has 0 aromatic heterocycles. The molecule has 124 valence electrons. The SMILES string of the molecule is CCOc1c(Br)cc(C2NC(=O)NC(C)=C2C(=O)OC)cc1Br. The summed E-state index contributed by atoms with van der Waals surface area (Å²) in [7, 11) is 1.31. The van der Waals surface area contributed by atoms with E-state index in [9.17, 15) is 9.59 Å². The van der Waals surface area contributed by atoms with E-state index in [2.05, 4.69) is 42.5 Å². The lowest BCUT2D eigenvalue weighted by molar-refractivity contribution is -0.136. The van der Waals surface area contributed by atoms with E-state index < -0.39 is 12.0 Å². The molecule has 1 heterocycles. The molecule has 1 aliphatic rings. The van der Waals surface area contributed by atoms with Crippen LogP contribution in [0.3, 0.4) is 0 Å².